The highest BCUT2D eigenvalue weighted by molar-refractivity contribution is 7.13. The van der Waals surface area contributed by atoms with E-state index in [2.05, 4.69) is 19.2 Å². The number of fused-ring (bicyclic) bond motifs is 2. The normalized spacial score (nSPS) is 18.0. The van der Waals surface area contributed by atoms with Crippen LogP contribution in [-0.4, -0.2) is 52.1 Å². The van der Waals surface area contributed by atoms with E-state index in [1.54, 1.807) is 28.8 Å². The Morgan fingerprint density at radius 2 is 1.77 bits per heavy atom. The van der Waals surface area contributed by atoms with E-state index in [1.165, 1.54) is 11.3 Å². The van der Waals surface area contributed by atoms with Crippen molar-refractivity contribution >= 4 is 40.4 Å². The van der Waals surface area contributed by atoms with Crippen molar-refractivity contribution in [3.63, 3.8) is 0 Å². The van der Waals surface area contributed by atoms with Crippen molar-refractivity contribution in [2.24, 2.45) is 5.92 Å². The molecule has 10 heteroatoms. The molecule has 0 unspecified atom stereocenters. The maximum atomic E-state index is 14.6. The summed E-state index contributed by atoms with van der Waals surface area (Å²) in [6.45, 7) is 7.77. The smallest absolute Gasteiger partial charge is 0.265 e. The number of piperazine rings is 1. The highest BCUT2D eigenvalue weighted by Gasteiger charge is 2.36. The zero-order valence-electron chi connectivity index (χ0n) is 24.4. The van der Waals surface area contributed by atoms with Gasteiger partial charge < -0.3 is 15.0 Å². The van der Waals surface area contributed by atoms with Crippen LogP contribution >= 0.6 is 34.5 Å². The molecule has 6 rings (SSSR count). The third kappa shape index (κ3) is 6.11. The molecule has 7 nitrogen and oxygen atoms in total. The van der Waals surface area contributed by atoms with Crippen molar-refractivity contribution in [2.45, 2.75) is 52.1 Å². The fraction of sp³-hybridized carbons (Fsp3) is 0.364. The van der Waals surface area contributed by atoms with Gasteiger partial charge in [-0.25, -0.2) is 4.98 Å². The molecule has 2 bridgehead atoms. The Bertz CT molecular complexity index is 1700. The number of likely N-dealkylation sites (tertiary alicyclic amines) is 1. The number of ether oxygens (including phenoxy) is 1. The van der Waals surface area contributed by atoms with Gasteiger partial charge in [0.15, 0.2) is 0 Å². The van der Waals surface area contributed by atoms with Gasteiger partial charge in [-0.3, -0.25) is 14.2 Å². The maximum Gasteiger partial charge on any atom is 0.265 e. The summed E-state index contributed by atoms with van der Waals surface area (Å²) in [6, 6.07) is 15.0. The number of amides is 1. The molecule has 224 valence electrons. The van der Waals surface area contributed by atoms with Crippen LogP contribution in [0.3, 0.4) is 0 Å². The van der Waals surface area contributed by atoms with Crippen LogP contribution in [0.15, 0.2) is 58.7 Å². The fourth-order valence-electron chi connectivity index (χ4n) is 6.06. The minimum atomic E-state index is -0.271. The van der Waals surface area contributed by atoms with Gasteiger partial charge in [0.25, 0.3) is 11.5 Å². The molecule has 0 saturated carbocycles. The number of carbonyl (C=O) groups is 1. The molecule has 2 fully saturated rings. The molecular weight excluding hydrogens is 603 g/mol. The van der Waals surface area contributed by atoms with E-state index >= 15 is 0 Å². The van der Waals surface area contributed by atoms with E-state index in [0.717, 1.165) is 24.1 Å². The minimum Gasteiger partial charge on any atom is -0.492 e. The quantitative estimate of drug-likeness (QED) is 0.223. The second-order valence-corrected chi connectivity index (χ2v) is 13.3. The predicted molar refractivity (Wildman–Crippen MR) is 174 cm³/mol. The van der Waals surface area contributed by atoms with Crippen LogP contribution in [0.1, 0.15) is 49.7 Å². The summed E-state index contributed by atoms with van der Waals surface area (Å²) in [5.41, 5.74) is 3.39. The molecule has 2 aliphatic heterocycles. The maximum absolute atomic E-state index is 14.6. The Morgan fingerprint density at radius 1 is 1.07 bits per heavy atom. The summed E-state index contributed by atoms with van der Waals surface area (Å²) in [7, 11) is 0. The molecule has 0 radical (unpaired) electrons. The van der Waals surface area contributed by atoms with E-state index in [0.29, 0.717) is 81.5 Å². The summed E-state index contributed by atoms with van der Waals surface area (Å²) in [4.78, 5) is 35.8. The summed E-state index contributed by atoms with van der Waals surface area (Å²) in [5, 5.41) is 7.17. The Balaban J connectivity index is 1.58. The summed E-state index contributed by atoms with van der Waals surface area (Å²) in [6.07, 6.45) is 2.64. The van der Waals surface area contributed by atoms with Gasteiger partial charge in [0, 0.05) is 51.9 Å². The van der Waals surface area contributed by atoms with Gasteiger partial charge in [-0.15, -0.1) is 11.3 Å². The Labute approximate surface area is 265 Å². The molecule has 4 aromatic rings. The van der Waals surface area contributed by atoms with Gasteiger partial charge in [-0.2, -0.15) is 0 Å². The zero-order valence-corrected chi connectivity index (χ0v) is 26.7. The topological polar surface area (TPSA) is 76.5 Å². The SMILES string of the molecule is CCOc1ccc(Cl)cc1-n1c(CC(C)C)c(C(=O)N2C[C@H]3CC[C@@H](C2)N3)cc(-c2nc(-c3ccc(Cl)cc3)cs2)c1=O. The lowest BCUT2D eigenvalue weighted by Gasteiger charge is -2.34. The van der Waals surface area contributed by atoms with Gasteiger partial charge in [0.2, 0.25) is 0 Å². The summed E-state index contributed by atoms with van der Waals surface area (Å²) >= 11 is 14.0. The number of carbonyl (C=O) groups excluding carboxylic acids is 1. The van der Waals surface area contributed by atoms with Crippen LogP contribution in [0.4, 0.5) is 0 Å². The van der Waals surface area contributed by atoms with Gasteiger partial charge in [-0.1, -0.05) is 49.2 Å². The van der Waals surface area contributed by atoms with E-state index < -0.39 is 0 Å². The van der Waals surface area contributed by atoms with E-state index in [1.807, 2.05) is 41.5 Å². The van der Waals surface area contributed by atoms with Crippen molar-refractivity contribution < 1.29 is 9.53 Å². The molecule has 2 aromatic carbocycles. The fourth-order valence-corrected chi connectivity index (χ4v) is 7.19. The third-order valence-corrected chi connectivity index (χ3v) is 9.34. The number of aromatic nitrogens is 2. The van der Waals surface area contributed by atoms with Crippen molar-refractivity contribution in [3.05, 3.63) is 85.6 Å². The highest BCUT2D eigenvalue weighted by atomic mass is 35.5. The first-order valence-corrected chi connectivity index (χ1v) is 16.3. The van der Waals surface area contributed by atoms with E-state index in [4.69, 9.17) is 32.9 Å². The van der Waals surface area contributed by atoms with Crippen LogP contribution in [0, 0.1) is 5.92 Å². The number of halogens is 2. The molecular formula is C33H34Cl2N4O3S. The number of thiazole rings is 1. The van der Waals surface area contributed by atoms with Gasteiger partial charge >= 0.3 is 0 Å². The van der Waals surface area contributed by atoms with Gasteiger partial charge in [0.05, 0.1) is 29.1 Å². The molecule has 1 N–H and O–H groups in total. The average Bonchev–Trinajstić information content (AvgIpc) is 3.60. The lowest BCUT2D eigenvalue weighted by atomic mass is 9.99. The Morgan fingerprint density at radius 3 is 2.44 bits per heavy atom. The first kappa shape index (κ1) is 29.9. The number of hydrogen-bond acceptors (Lipinski definition) is 6. The Kier molecular flexibility index (Phi) is 8.65. The van der Waals surface area contributed by atoms with E-state index in [9.17, 15) is 9.59 Å². The Hall–Kier alpha value is -3.17. The number of benzene rings is 2. The predicted octanol–water partition coefficient (Wildman–Crippen LogP) is 7.11. The largest absolute Gasteiger partial charge is 0.492 e. The van der Waals surface area contributed by atoms with Gasteiger partial charge in [-0.05, 0) is 68.5 Å². The number of hydrogen-bond donors (Lipinski definition) is 1. The van der Waals surface area contributed by atoms with Crippen LogP contribution in [-0.2, 0) is 6.42 Å². The first-order chi connectivity index (χ1) is 20.7. The number of nitrogens with one attached hydrogen (secondary N) is 1. The van der Waals surface area contributed by atoms with Crippen molar-refractivity contribution in [3.8, 4) is 33.3 Å². The van der Waals surface area contributed by atoms with Crippen LogP contribution in [0.5, 0.6) is 5.75 Å². The van der Waals surface area contributed by atoms with Crippen LogP contribution in [0.2, 0.25) is 10.0 Å². The molecule has 4 heterocycles. The standard InChI is InChI=1S/C33H34Cl2N4O3S/c1-4-42-30-12-9-22(35)14-29(30)39-28(13-19(2)3)25(32(40)38-16-23-10-11-24(17-38)36-23)15-26(33(39)41)31-37-27(18-43-31)20-5-7-21(34)8-6-20/h5-9,12,14-15,18-19,23-24,36H,4,10-11,13,16-17H2,1-3H3/t23-,24+. The zero-order chi connectivity index (χ0) is 30.2. The number of pyridine rings is 1. The first-order valence-electron chi connectivity index (χ1n) is 14.7. The minimum absolute atomic E-state index is 0.0708. The molecule has 2 saturated heterocycles. The molecule has 43 heavy (non-hydrogen) atoms. The molecule has 0 spiro atoms. The summed E-state index contributed by atoms with van der Waals surface area (Å²) in [5.74, 6) is 0.627. The van der Waals surface area contributed by atoms with Crippen molar-refractivity contribution in [1.82, 2.24) is 19.8 Å². The monoisotopic (exact) mass is 636 g/mol. The summed E-state index contributed by atoms with van der Waals surface area (Å²) < 4.78 is 7.62. The van der Waals surface area contributed by atoms with E-state index in [-0.39, 0.29) is 17.4 Å². The van der Waals surface area contributed by atoms with Crippen molar-refractivity contribution in [1.29, 1.82) is 0 Å². The average molecular weight is 638 g/mol. The third-order valence-electron chi connectivity index (χ3n) is 7.98. The number of nitrogens with zero attached hydrogens (tertiary/aromatic N) is 3. The second-order valence-electron chi connectivity index (χ2n) is 11.6. The molecule has 2 aliphatic rings. The molecule has 0 aliphatic carbocycles. The lowest BCUT2D eigenvalue weighted by Crippen LogP contribution is -2.53. The second kappa shape index (κ2) is 12.4. The highest BCUT2D eigenvalue weighted by Crippen LogP contribution is 2.34. The van der Waals surface area contributed by atoms with Crippen LogP contribution in [0.25, 0.3) is 27.5 Å². The lowest BCUT2D eigenvalue weighted by molar-refractivity contribution is 0.0695. The van der Waals surface area contributed by atoms with Crippen molar-refractivity contribution in [2.75, 3.05) is 19.7 Å². The molecule has 1 amide bonds. The van der Waals surface area contributed by atoms with Gasteiger partial charge in [0.1, 0.15) is 10.8 Å². The van der Waals surface area contributed by atoms with Crippen LogP contribution < -0.4 is 15.6 Å². The molecule has 2 atom stereocenters. The number of rotatable bonds is 8. The molecule has 2 aromatic heterocycles.